The molecule has 0 aliphatic heterocycles. The lowest BCUT2D eigenvalue weighted by Crippen LogP contribution is -2.24. The number of fused-ring (bicyclic) bond motifs is 1. The number of carbonyl (C=O) groups excluding carboxylic acids is 2. The Balaban J connectivity index is 2.75. The van der Waals surface area contributed by atoms with Crippen LogP contribution in [0.2, 0.25) is 0 Å². The van der Waals surface area contributed by atoms with E-state index in [9.17, 15) is 22.8 Å². The molecular weight excluding hydrogens is 325 g/mol. The topological polar surface area (TPSA) is 51.5 Å². The van der Waals surface area contributed by atoms with Crippen molar-refractivity contribution in [3.63, 3.8) is 0 Å². The van der Waals surface area contributed by atoms with Gasteiger partial charge in [0.25, 0.3) is 11.7 Å². The summed E-state index contributed by atoms with van der Waals surface area (Å²) in [6.07, 6.45) is -3.89. The van der Waals surface area contributed by atoms with Crippen LogP contribution in [0.3, 0.4) is 0 Å². The van der Waals surface area contributed by atoms with E-state index < -0.39 is 23.4 Å². The summed E-state index contributed by atoms with van der Waals surface area (Å²) in [4.78, 5) is 25.4. The molecule has 0 radical (unpaired) electrons. The molecule has 0 aliphatic rings. The monoisotopic (exact) mass is 342 g/mol. The number of aromatic nitrogens is 1. The Morgan fingerprint density at radius 1 is 1.21 bits per heavy atom. The zero-order valence-electron chi connectivity index (χ0n) is 13.5. The zero-order chi connectivity index (χ0) is 18.1. The molecule has 5 nitrogen and oxygen atoms in total. The van der Waals surface area contributed by atoms with E-state index in [1.165, 1.54) is 36.7 Å². The number of ether oxygens (including phenoxy) is 1. The number of Topliss-reactive ketones (excluding diaryl/α,β-unsaturated/α-hetero) is 1. The minimum absolute atomic E-state index is 0.00891. The maximum absolute atomic E-state index is 12.9. The molecule has 0 atom stereocenters. The Hall–Kier alpha value is -2.35. The van der Waals surface area contributed by atoms with Gasteiger partial charge in [0, 0.05) is 50.4 Å². The molecule has 0 bridgehead atoms. The number of hydrogen-bond acceptors (Lipinski definition) is 3. The molecule has 8 heteroatoms. The highest BCUT2D eigenvalue weighted by Gasteiger charge is 2.41. The third-order valence-corrected chi connectivity index (χ3v) is 3.58. The van der Waals surface area contributed by atoms with Crippen molar-refractivity contribution in [3.05, 3.63) is 35.5 Å². The van der Waals surface area contributed by atoms with Crippen molar-refractivity contribution in [2.45, 2.75) is 12.7 Å². The highest BCUT2D eigenvalue weighted by Crippen LogP contribution is 2.31. The fourth-order valence-corrected chi connectivity index (χ4v) is 2.47. The lowest BCUT2D eigenvalue weighted by atomic mass is 10.0. The number of benzene rings is 1. The molecule has 0 spiro atoms. The Bertz CT molecular complexity index is 779. The Morgan fingerprint density at radius 2 is 1.88 bits per heavy atom. The van der Waals surface area contributed by atoms with Gasteiger partial charge in [0.15, 0.2) is 0 Å². The first-order chi connectivity index (χ1) is 11.2. The van der Waals surface area contributed by atoms with Crippen molar-refractivity contribution in [1.82, 2.24) is 9.47 Å². The summed E-state index contributed by atoms with van der Waals surface area (Å²) in [7, 11) is 4.46. The van der Waals surface area contributed by atoms with Crippen LogP contribution in [-0.4, -0.2) is 55.1 Å². The first kappa shape index (κ1) is 18.0. The highest BCUT2D eigenvalue weighted by atomic mass is 19.4. The Kier molecular flexibility index (Phi) is 4.98. The van der Waals surface area contributed by atoms with Gasteiger partial charge in [-0.1, -0.05) is 6.07 Å². The molecule has 0 saturated carbocycles. The van der Waals surface area contributed by atoms with Gasteiger partial charge in [-0.05, 0) is 12.1 Å². The number of amides is 1. The van der Waals surface area contributed by atoms with Crippen LogP contribution < -0.4 is 0 Å². The van der Waals surface area contributed by atoms with Gasteiger partial charge in [-0.15, -0.1) is 0 Å². The van der Waals surface area contributed by atoms with E-state index >= 15 is 0 Å². The second-order valence-electron chi connectivity index (χ2n) is 5.46. The van der Waals surface area contributed by atoms with Crippen LogP contribution in [0, 0.1) is 0 Å². The Labute approximate surface area is 136 Å². The van der Waals surface area contributed by atoms with Crippen molar-refractivity contribution in [1.29, 1.82) is 0 Å². The van der Waals surface area contributed by atoms with Gasteiger partial charge in [-0.25, -0.2) is 0 Å². The van der Waals surface area contributed by atoms with Crippen molar-refractivity contribution < 1.29 is 27.5 Å². The molecule has 0 aliphatic carbocycles. The molecule has 0 unspecified atom stereocenters. The molecule has 24 heavy (non-hydrogen) atoms. The van der Waals surface area contributed by atoms with Gasteiger partial charge in [0.05, 0.1) is 12.2 Å². The summed E-state index contributed by atoms with van der Waals surface area (Å²) >= 11 is 0. The fourth-order valence-electron chi connectivity index (χ4n) is 2.47. The van der Waals surface area contributed by atoms with E-state index in [1.807, 2.05) is 0 Å². The molecule has 2 rings (SSSR count). The fraction of sp³-hybridized carbons (Fsp3) is 0.375. The lowest BCUT2D eigenvalue weighted by Gasteiger charge is -2.12. The average Bonchev–Trinajstić information content (AvgIpc) is 2.89. The van der Waals surface area contributed by atoms with Crippen LogP contribution in [0.4, 0.5) is 13.2 Å². The summed E-state index contributed by atoms with van der Waals surface area (Å²) in [5.41, 5.74) is -0.0898. The maximum atomic E-state index is 12.9. The van der Waals surface area contributed by atoms with Gasteiger partial charge in [0.1, 0.15) is 0 Å². The number of nitrogens with zero attached hydrogens (tertiary/aromatic N) is 2. The first-order valence-electron chi connectivity index (χ1n) is 7.12. The predicted molar refractivity (Wildman–Crippen MR) is 82.2 cm³/mol. The summed E-state index contributed by atoms with van der Waals surface area (Å²) in [5.74, 6) is -2.44. The summed E-state index contributed by atoms with van der Waals surface area (Å²) in [6, 6.07) is 4.56. The number of ketones is 1. The number of alkyl halides is 3. The van der Waals surface area contributed by atoms with Crippen LogP contribution in [0.1, 0.15) is 20.7 Å². The van der Waals surface area contributed by atoms with E-state index in [4.69, 9.17) is 4.74 Å². The number of hydrogen-bond donors (Lipinski definition) is 0. The van der Waals surface area contributed by atoms with E-state index in [0.717, 1.165) is 6.20 Å². The molecule has 0 saturated heterocycles. The number of methoxy groups -OCH3 is 1. The van der Waals surface area contributed by atoms with E-state index in [2.05, 4.69) is 0 Å². The Morgan fingerprint density at radius 3 is 2.42 bits per heavy atom. The zero-order valence-corrected chi connectivity index (χ0v) is 13.5. The van der Waals surface area contributed by atoms with Crippen LogP contribution >= 0.6 is 0 Å². The van der Waals surface area contributed by atoms with Gasteiger partial charge in [-0.2, -0.15) is 13.2 Å². The third kappa shape index (κ3) is 3.28. The molecule has 1 aromatic carbocycles. The minimum Gasteiger partial charge on any atom is -0.383 e. The van der Waals surface area contributed by atoms with Crippen molar-refractivity contribution in [2.75, 3.05) is 27.8 Å². The molecule has 0 fully saturated rings. The van der Waals surface area contributed by atoms with Gasteiger partial charge < -0.3 is 14.2 Å². The largest absolute Gasteiger partial charge is 0.454 e. The molecule has 2 aromatic rings. The molecule has 1 aromatic heterocycles. The number of rotatable bonds is 5. The van der Waals surface area contributed by atoms with Gasteiger partial charge >= 0.3 is 6.18 Å². The number of halogens is 3. The first-order valence-corrected chi connectivity index (χ1v) is 7.12. The number of carbonyl (C=O) groups is 2. The highest BCUT2D eigenvalue weighted by molar-refractivity contribution is 6.17. The van der Waals surface area contributed by atoms with Crippen LogP contribution in [0.5, 0.6) is 0 Å². The average molecular weight is 342 g/mol. The molecule has 130 valence electrons. The molecule has 1 amide bonds. The quantitative estimate of drug-likeness (QED) is 0.785. The van der Waals surface area contributed by atoms with E-state index in [-0.39, 0.29) is 24.1 Å². The van der Waals surface area contributed by atoms with E-state index in [0.29, 0.717) is 5.52 Å². The molecule has 1 heterocycles. The molecular formula is C16H17F3N2O3. The second-order valence-corrected chi connectivity index (χ2v) is 5.46. The van der Waals surface area contributed by atoms with E-state index in [1.54, 1.807) is 12.1 Å². The lowest BCUT2D eigenvalue weighted by molar-refractivity contribution is -0.0884. The second kappa shape index (κ2) is 6.64. The summed E-state index contributed by atoms with van der Waals surface area (Å²) in [5, 5.41) is 0.00891. The van der Waals surface area contributed by atoms with Gasteiger partial charge in [0.2, 0.25) is 0 Å². The maximum Gasteiger partial charge on any atom is 0.454 e. The van der Waals surface area contributed by atoms with Crippen molar-refractivity contribution in [2.24, 2.45) is 0 Å². The molecule has 0 N–H and O–H groups in total. The third-order valence-electron chi connectivity index (χ3n) is 3.58. The smallest absolute Gasteiger partial charge is 0.383 e. The predicted octanol–water partition coefficient (Wildman–Crippen LogP) is 2.73. The van der Waals surface area contributed by atoms with Crippen LogP contribution in [0.15, 0.2) is 24.4 Å². The minimum atomic E-state index is -5.02. The SMILES string of the molecule is COCCn1cc(C(=O)C(F)(F)F)c2c(C(=O)N(C)C)cccc21. The van der Waals surface area contributed by atoms with Crippen molar-refractivity contribution in [3.8, 4) is 0 Å². The van der Waals surface area contributed by atoms with Crippen molar-refractivity contribution >= 4 is 22.6 Å². The summed E-state index contributed by atoms with van der Waals surface area (Å²) in [6.45, 7) is 0.521. The normalized spacial score (nSPS) is 11.8. The summed E-state index contributed by atoms with van der Waals surface area (Å²) < 4.78 is 45.2. The van der Waals surface area contributed by atoms with Crippen LogP contribution in [0.25, 0.3) is 10.9 Å². The van der Waals surface area contributed by atoms with Crippen LogP contribution in [-0.2, 0) is 11.3 Å². The standard InChI is InChI=1S/C16H17F3N2O3/c1-20(2)15(23)10-5-4-6-12-13(10)11(14(22)16(17,18)19)9-21(12)7-8-24-3/h4-6,9H,7-8H2,1-3H3. The van der Waals surface area contributed by atoms with Gasteiger partial charge in [-0.3, -0.25) is 9.59 Å².